The Morgan fingerprint density at radius 2 is 1.84 bits per heavy atom. The van der Waals surface area contributed by atoms with Gasteiger partial charge in [0.2, 0.25) is 5.76 Å². The summed E-state index contributed by atoms with van der Waals surface area (Å²) in [5.74, 6) is -3.24. The highest BCUT2D eigenvalue weighted by Gasteiger charge is 2.78. The van der Waals surface area contributed by atoms with Gasteiger partial charge < -0.3 is 9.63 Å². The number of carboxylic acids is 1. The molecule has 3 aromatic rings. The second-order valence-electron chi connectivity index (χ2n) is 7.98. The summed E-state index contributed by atoms with van der Waals surface area (Å²) in [7, 11) is -4.31. The van der Waals surface area contributed by atoms with E-state index in [0.717, 1.165) is 0 Å². The summed E-state index contributed by atoms with van der Waals surface area (Å²) in [4.78, 5) is 12.4. The Morgan fingerprint density at radius 3 is 2.41 bits per heavy atom. The van der Waals surface area contributed by atoms with E-state index in [9.17, 15) is 31.5 Å². The van der Waals surface area contributed by atoms with Gasteiger partial charge in [-0.2, -0.15) is 17.9 Å². The summed E-state index contributed by atoms with van der Waals surface area (Å²) in [5.41, 5.74) is -2.21. The molecule has 2 N–H and O–H groups in total. The van der Waals surface area contributed by atoms with Crippen LogP contribution in [0.15, 0.2) is 57.3 Å². The first kappa shape index (κ1) is 22.5. The number of nitrogens with one attached hydrogen (secondary N) is 1. The number of alkyl halides is 3. The predicted octanol–water partition coefficient (Wildman–Crippen LogP) is 4.35. The van der Waals surface area contributed by atoms with Crippen molar-refractivity contribution < 1.29 is 36.0 Å². The van der Waals surface area contributed by atoms with Crippen LogP contribution in [0.4, 0.5) is 13.2 Å². The number of nitrogens with zero attached hydrogens (tertiary/aromatic N) is 1. The highest BCUT2D eigenvalue weighted by Crippen LogP contribution is 2.68. The molecule has 1 aliphatic rings. The van der Waals surface area contributed by atoms with Crippen LogP contribution < -0.4 is 4.72 Å². The number of sulfonamides is 1. The third kappa shape index (κ3) is 3.42. The average Bonchev–Trinajstić information content (AvgIpc) is 3.19. The van der Waals surface area contributed by atoms with Crippen LogP contribution in [-0.4, -0.2) is 30.2 Å². The lowest BCUT2D eigenvalue weighted by molar-refractivity contribution is -0.155. The average molecular weight is 486 g/mol. The number of aliphatic carboxylic acids is 1. The van der Waals surface area contributed by atoms with Crippen molar-refractivity contribution in [3.05, 3.63) is 59.9 Å². The van der Waals surface area contributed by atoms with Gasteiger partial charge in [-0.1, -0.05) is 49.3 Å². The second-order valence-corrected chi connectivity index (χ2v) is 11.0. The van der Waals surface area contributed by atoms with Gasteiger partial charge in [-0.3, -0.25) is 4.79 Å². The van der Waals surface area contributed by atoms with Gasteiger partial charge in [-0.15, -0.1) is 11.3 Å². The first-order valence-corrected chi connectivity index (χ1v) is 11.6. The molecule has 0 saturated heterocycles. The molecule has 2 heterocycles. The van der Waals surface area contributed by atoms with E-state index in [1.54, 1.807) is 44.2 Å². The zero-order chi connectivity index (χ0) is 23.5. The minimum absolute atomic E-state index is 0.128. The molecule has 1 fully saturated rings. The molecule has 1 aromatic carbocycles. The maximum atomic E-state index is 13.1. The summed E-state index contributed by atoms with van der Waals surface area (Å²) >= 11 is 0.661. The smallest absolute Gasteiger partial charge is 0.452 e. The fourth-order valence-corrected chi connectivity index (χ4v) is 6.86. The summed E-state index contributed by atoms with van der Waals surface area (Å²) in [6.07, 6.45) is -4.73. The van der Waals surface area contributed by atoms with Crippen LogP contribution in [0.5, 0.6) is 0 Å². The molecular weight excluding hydrogens is 469 g/mol. The molecule has 7 nitrogen and oxygen atoms in total. The van der Waals surface area contributed by atoms with Gasteiger partial charge >= 0.3 is 12.1 Å². The molecular formula is C20H17F3N2O5S2. The zero-order valence-corrected chi connectivity index (χ0v) is 18.3. The molecule has 4 rings (SSSR count). The van der Waals surface area contributed by atoms with E-state index in [1.165, 1.54) is 12.1 Å². The minimum atomic E-state index is -4.73. The standard InChI is InChI=1S/C20H17F3N2O5S2/c1-18(2)16(11-6-4-3-5-7-11)19(18,17(26)27)25-32(28,29)15-9-8-13(31-15)12-10-14(30-24-12)20(21,22)23/h3-10,16,25H,1-2H3,(H,26,27). The van der Waals surface area contributed by atoms with Crippen molar-refractivity contribution in [3.63, 3.8) is 0 Å². The molecule has 2 aromatic heterocycles. The molecule has 0 spiro atoms. The first-order chi connectivity index (χ1) is 14.8. The van der Waals surface area contributed by atoms with Crippen LogP contribution in [0.25, 0.3) is 10.6 Å². The Balaban J connectivity index is 1.66. The molecule has 2 atom stereocenters. The van der Waals surface area contributed by atoms with Crippen molar-refractivity contribution in [2.45, 2.75) is 35.7 Å². The van der Waals surface area contributed by atoms with Crippen molar-refractivity contribution in [2.24, 2.45) is 5.41 Å². The quantitative estimate of drug-likeness (QED) is 0.536. The molecule has 0 aliphatic heterocycles. The van der Waals surface area contributed by atoms with Crippen molar-refractivity contribution in [3.8, 4) is 10.6 Å². The van der Waals surface area contributed by atoms with Gasteiger partial charge in [-0.25, -0.2) is 8.42 Å². The van der Waals surface area contributed by atoms with Gasteiger partial charge in [0.1, 0.15) is 15.4 Å². The number of hydrogen-bond donors (Lipinski definition) is 2. The fraction of sp³-hybridized carbons (Fsp3) is 0.300. The second kappa shape index (κ2) is 7.15. The fourth-order valence-electron chi connectivity index (χ4n) is 4.10. The van der Waals surface area contributed by atoms with Crippen molar-refractivity contribution >= 4 is 27.3 Å². The maximum absolute atomic E-state index is 13.1. The molecule has 32 heavy (non-hydrogen) atoms. The molecule has 170 valence electrons. The zero-order valence-electron chi connectivity index (χ0n) is 16.7. The Hall–Kier alpha value is -2.70. The van der Waals surface area contributed by atoms with Crippen LogP contribution in [0.1, 0.15) is 31.1 Å². The number of benzene rings is 1. The monoisotopic (exact) mass is 486 g/mol. The molecule has 2 unspecified atom stereocenters. The number of hydrogen-bond acceptors (Lipinski definition) is 6. The van der Waals surface area contributed by atoms with E-state index in [4.69, 9.17) is 0 Å². The van der Waals surface area contributed by atoms with Gasteiger partial charge in [-0.05, 0) is 17.7 Å². The number of halogens is 3. The lowest BCUT2D eigenvalue weighted by Crippen LogP contribution is -2.47. The van der Waals surface area contributed by atoms with E-state index in [0.29, 0.717) is 23.0 Å². The lowest BCUT2D eigenvalue weighted by Gasteiger charge is -2.17. The predicted molar refractivity (Wildman–Crippen MR) is 108 cm³/mol. The third-order valence-electron chi connectivity index (χ3n) is 5.74. The van der Waals surface area contributed by atoms with Crippen molar-refractivity contribution in [1.29, 1.82) is 0 Å². The van der Waals surface area contributed by atoms with Gasteiger partial charge in [0.15, 0.2) is 0 Å². The number of thiophene rings is 1. The summed E-state index contributed by atoms with van der Waals surface area (Å²) in [6.45, 7) is 3.32. The summed E-state index contributed by atoms with van der Waals surface area (Å²) in [5, 5.41) is 13.3. The lowest BCUT2D eigenvalue weighted by atomic mass is 10.0. The highest BCUT2D eigenvalue weighted by molar-refractivity contribution is 7.91. The largest absolute Gasteiger partial charge is 0.480 e. The van der Waals surface area contributed by atoms with Crippen molar-refractivity contribution in [1.82, 2.24) is 9.88 Å². The summed E-state index contributed by atoms with van der Waals surface area (Å²) in [6, 6.07) is 11.9. The molecule has 0 amide bonds. The van der Waals surface area contributed by atoms with E-state index >= 15 is 0 Å². The van der Waals surface area contributed by atoms with E-state index in [1.807, 2.05) is 0 Å². The van der Waals surface area contributed by atoms with E-state index < -0.39 is 44.8 Å². The maximum Gasteiger partial charge on any atom is 0.452 e. The SMILES string of the molecule is CC1(C)C(c2ccccc2)C1(NS(=O)(=O)c1ccc(-c2cc(C(F)(F)F)on2)s1)C(=O)O. The summed E-state index contributed by atoms with van der Waals surface area (Å²) < 4.78 is 70.7. The third-order valence-corrected chi connectivity index (χ3v) is 8.81. The van der Waals surface area contributed by atoms with Crippen LogP contribution in [-0.2, 0) is 21.0 Å². The Kier molecular flexibility index (Phi) is 5.03. The highest BCUT2D eigenvalue weighted by atomic mass is 32.2. The number of carboxylic acid groups (broad SMARTS) is 1. The topological polar surface area (TPSA) is 110 Å². The van der Waals surface area contributed by atoms with Gasteiger partial charge in [0.25, 0.3) is 10.0 Å². The van der Waals surface area contributed by atoms with Crippen LogP contribution >= 0.6 is 11.3 Å². The Labute approximate surface area is 184 Å². The molecule has 1 saturated carbocycles. The Bertz CT molecular complexity index is 1280. The van der Waals surface area contributed by atoms with Crippen LogP contribution in [0.2, 0.25) is 0 Å². The van der Waals surface area contributed by atoms with Crippen LogP contribution in [0, 0.1) is 5.41 Å². The molecule has 12 heteroatoms. The van der Waals surface area contributed by atoms with E-state index in [-0.39, 0.29) is 14.8 Å². The molecule has 1 aliphatic carbocycles. The van der Waals surface area contributed by atoms with Crippen molar-refractivity contribution in [2.75, 3.05) is 0 Å². The first-order valence-electron chi connectivity index (χ1n) is 9.27. The Morgan fingerprint density at radius 1 is 1.19 bits per heavy atom. The van der Waals surface area contributed by atoms with Gasteiger partial charge in [0, 0.05) is 17.4 Å². The number of aromatic nitrogens is 1. The van der Waals surface area contributed by atoms with Crippen LogP contribution in [0.3, 0.4) is 0 Å². The molecule has 0 radical (unpaired) electrons. The van der Waals surface area contributed by atoms with Gasteiger partial charge in [0.05, 0.1) is 4.88 Å². The molecule has 0 bridgehead atoms. The number of carbonyl (C=O) groups is 1. The minimum Gasteiger partial charge on any atom is -0.480 e. The normalized spacial score (nSPS) is 22.6. The van der Waals surface area contributed by atoms with E-state index in [2.05, 4.69) is 14.4 Å². The number of rotatable bonds is 6.